The van der Waals surface area contributed by atoms with Crippen molar-refractivity contribution in [2.24, 2.45) is 0 Å². The number of hydrogen-bond donors (Lipinski definition) is 1. The van der Waals surface area contributed by atoms with Gasteiger partial charge in [0.2, 0.25) is 11.8 Å². The molecule has 0 bridgehead atoms. The Kier molecular flexibility index (Phi) is 5.45. The molecule has 1 aliphatic heterocycles. The first-order chi connectivity index (χ1) is 12.0. The summed E-state index contributed by atoms with van der Waals surface area (Å²) in [5.74, 6) is 0.0999. The normalized spacial score (nSPS) is 26.3. The van der Waals surface area contributed by atoms with Gasteiger partial charge in [-0.15, -0.1) is 0 Å². The zero-order valence-electron chi connectivity index (χ0n) is 15.5. The summed E-state index contributed by atoms with van der Waals surface area (Å²) >= 11 is 0. The topological polar surface area (TPSA) is 49.4 Å². The van der Waals surface area contributed by atoms with E-state index in [1.54, 1.807) is 0 Å². The second-order valence-electron chi connectivity index (χ2n) is 7.79. The fraction of sp³-hybridized carbons (Fsp3) is 0.619. The van der Waals surface area contributed by atoms with Crippen LogP contribution in [0.25, 0.3) is 0 Å². The van der Waals surface area contributed by atoms with E-state index in [-0.39, 0.29) is 23.9 Å². The van der Waals surface area contributed by atoms with Crippen LogP contribution in [0.3, 0.4) is 0 Å². The molecule has 0 aromatic heterocycles. The molecule has 25 heavy (non-hydrogen) atoms. The van der Waals surface area contributed by atoms with Crippen LogP contribution in [0, 0.1) is 0 Å². The van der Waals surface area contributed by atoms with Crippen molar-refractivity contribution < 1.29 is 9.59 Å². The standard InChI is InChI=1S/C21H30N2O2/c1-16(17-10-6-5-7-11-17)23-19(24)14-15-21(23,2)20(25)22-18-12-8-3-4-9-13-18/h5-7,10-11,16,18H,3-4,8-9,12-15H2,1-2H3,(H,22,25)/t16-,21-/m1/s1. The lowest BCUT2D eigenvalue weighted by atomic mass is 9.93. The molecule has 4 nitrogen and oxygen atoms in total. The Morgan fingerprint density at radius 3 is 2.44 bits per heavy atom. The van der Waals surface area contributed by atoms with Crippen molar-refractivity contribution in [3.63, 3.8) is 0 Å². The van der Waals surface area contributed by atoms with Gasteiger partial charge in [-0.3, -0.25) is 9.59 Å². The Morgan fingerprint density at radius 1 is 1.16 bits per heavy atom. The molecule has 1 saturated heterocycles. The molecule has 1 aliphatic carbocycles. The molecule has 2 fully saturated rings. The second-order valence-corrected chi connectivity index (χ2v) is 7.79. The molecule has 0 spiro atoms. The Hall–Kier alpha value is -1.84. The number of hydrogen-bond acceptors (Lipinski definition) is 2. The maximum atomic E-state index is 13.1. The summed E-state index contributed by atoms with van der Waals surface area (Å²) in [5, 5.41) is 3.27. The van der Waals surface area contributed by atoms with Crippen LogP contribution in [0.2, 0.25) is 0 Å². The molecule has 0 unspecified atom stereocenters. The molecule has 1 N–H and O–H groups in total. The summed E-state index contributed by atoms with van der Waals surface area (Å²) in [5.41, 5.74) is 0.324. The predicted molar refractivity (Wildman–Crippen MR) is 99.0 cm³/mol. The highest BCUT2D eigenvalue weighted by molar-refractivity contribution is 5.94. The number of nitrogens with one attached hydrogen (secondary N) is 1. The molecule has 2 aliphatic rings. The van der Waals surface area contributed by atoms with Crippen LogP contribution >= 0.6 is 0 Å². The van der Waals surface area contributed by atoms with E-state index in [1.165, 1.54) is 25.7 Å². The number of carbonyl (C=O) groups is 2. The van der Waals surface area contributed by atoms with Crippen molar-refractivity contribution in [2.75, 3.05) is 0 Å². The Labute approximate surface area is 151 Å². The van der Waals surface area contributed by atoms with Crippen LogP contribution in [-0.2, 0) is 9.59 Å². The average Bonchev–Trinajstić information content (AvgIpc) is 2.79. The fourth-order valence-corrected chi connectivity index (χ4v) is 4.38. The number of rotatable bonds is 4. The van der Waals surface area contributed by atoms with Crippen molar-refractivity contribution in [3.05, 3.63) is 35.9 Å². The summed E-state index contributed by atoms with van der Waals surface area (Å²) < 4.78 is 0. The summed E-state index contributed by atoms with van der Waals surface area (Å²) in [6, 6.07) is 10.2. The second kappa shape index (κ2) is 7.59. The molecule has 2 atom stereocenters. The molecular weight excluding hydrogens is 312 g/mol. The van der Waals surface area contributed by atoms with Gasteiger partial charge in [0.1, 0.15) is 5.54 Å². The average molecular weight is 342 g/mol. The fourth-order valence-electron chi connectivity index (χ4n) is 4.38. The lowest BCUT2D eigenvalue weighted by Gasteiger charge is -2.39. The third kappa shape index (κ3) is 3.73. The molecule has 1 heterocycles. The van der Waals surface area contributed by atoms with E-state index in [2.05, 4.69) is 5.32 Å². The smallest absolute Gasteiger partial charge is 0.245 e. The molecule has 2 amide bonds. The van der Waals surface area contributed by atoms with E-state index < -0.39 is 5.54 Å². The molecule has 136 valence electrons. The van der Waals surface area contributed by atoms with E-state index in [0.717, 1.165) is 18.4 Å². The van der Waals surface area contributed by atoms with Crippen molar-refractivity contribution in [3.8, 4) is 0 Å². The van der Waals surface area contributed by atoms with Crippen molar-refractivity contribution >= 4 is 11.8 Å². The van der Waals surface area contributed by atoms with E-state index >= 15 is 0 Å². The van der Waals surface area contributed by atoms with Gasteiger partial charge < -0.3 is 10.2 Å². The van der Waals surface area contributed by atoms with Crippen LogP contribution in [0.1, 0.15) is 76.8 Å². The number of amides is 2. The van der Waals surface area contributed by atoms with Gasteiger partial charge in [-0.1, -0.05) is 56.0 Å². The number of carbonyl (C=O) groups excluding carboxylic acids is 2. The first-order valence-electron chi connectivity index (χ1n) is 9.70. The number of likely N-dealkylation sites (tertiary alicyclic amines) is 1. The highest BCUT2D eigenvalue weighted by Crippen LogP contribution is 2.38. The summed E-state index contributed by atoms with van der Waals surface area (Å²) in [7, 11) is 0. The van der Waals surface area contributed by atoms with Gasteiger partial charge >= 0.3 is 0 Å². The Morgan fingerprint density at radius 2 is 1.80 bits per heavy atom. The van der Waals surface area contributed by atoms with E-state index in [4.69, 9.17) is 0 Å². The molecule has 1 saturated carbocycles. The molecule has 1 aromatic rings. The highest BCUT2D eigenvalue weighted by Gasteiger charge is 2.49. The van der Waals surface area contributed by atoms with Gasteiger partial charge in [0.25, 0.3) is 0 Å². The molecule has 3 rings (SSSR count). The van der Waals surface area contributed by atoms with Crippen LogP contribution < -0.4 is 5.32 Å². The van der Waals surface area contributed by atoms with Crippen LogP contribution in [-0.4, -0.2) is 28.3 Å². The van der Waals surface area contributed by atoms with Crippen LogP contribution in [0.5, 0.6) is 0 Å². The maximum Gasteiger partial charge on any atom is 0.245 e. The van der Waals surface area contributed by atoms with E-state index in [0.29, 0.717) is 12.8 Å². The van der Waals surface area contributed by atoms with Crippen LogP contribution in [0.15, 0.2) is 30.3 Å². The molecule has 1 aromatic carbocycles. The number of nitrogens with zero attached hydrogens (tertiary/aromatic N) is 1. The zero-order chi connectivity index (χ0) is 17.9. The van der Waals surface area contributed by atoms with Gasteiger partial charge in [-0.05, 0) is 38.7 Å². The van der Waals surface area contributed by atoms with Crippen molar-refractivity contribution in [2.45, 2.75) is 82.8 Å². The zero-order valence-corrected chi connectivity index (χ0v) is 15.5. The van der Waals surface area contributed by atoms with Gasteiger partial charge in [0.15, 0.2) is 0 Å². The lowest BCUT2D eigenvalue weighted by molar-refractivity contribution is -0.143. The molecular formula is C21H30N2O2. The minimum absolute atomic E-state index is 0.0213. The number of benzene rings is 1. The molecule has 0 radical (unpaired) electrons. The summed E-state index contributed by atoms with van der Waals surface area (Å²) in [6.45, 7) is 3.96. The van der Waals surface area contributed by atoms with Gasteiger partial charge in [-0.2, -0.15) is 0 Å². The third-order valence-corrected chi connectivity index (χ3v) is 5.97. The third-order valence-electron chi connectivity index (χ3n) is 5.97. The van der Waals surface area contributed by atoms with Gasteiger partial charge in [0.05, 0.1) is 6.04 Å². The lowest BCUT2D eigenvalue weighted by Crippen LogP contribution is -2.56. The minimum Gasteiger partial charge on any atom is -0.351 e. The maximum absolute atomic E-state index is 13.1. The minimum atomic E-state index is -0.751. The monoisotopic (exact) mass is 342 g/mol. The quantitative estimate of drug-likeness (QED) is 0.842. The first kappa shape index (κ1) is 18.0. The van der Waals surface area contributed by atoms with Crippen LogP contribution in [0.4, 0.5) is 0 Å². The summed E-state index contributed by atoms with van der Waals surface area (Å²) in [6.07, 6.45) is 8.06. The Balaban J connectivity index is 1.77. The van der Waals surface area contributed by atoms with Crippen molar-refractivity contribution in [1.29, 1.82) is 0 Å². The SMILES string of the molecule is C[C@H](c1ccccc1)N1C(=O)CC[C@]1(C)C(=O)NC1CCCCCC1. The van der Waals surface area contributed by atoms with E-state index in [1.807, 2.05) is 49.1 Å². The van der Waals surface area contributed by atoms with Gasteiger partial charge in [-0.25, -0.2) is 0 Å². The predicted octanol–water partition coefficient (Wildman–Crippen LogP) is 3.97. The highest BCUT2D eigenvalue weighted by atomic mass is 16.2. The van der Waals surface area contributed by atoms with Crippen molar-refractivity contribution in [1.82, 2.24) is 10.2 Å². The molecule has 4 heteroatoms. The Bertz CT molecular complexity index is 608. The first-order valence-corrected chi connectivity index (χ1v) is 9.70. The van der Waals surface area contributed by atoms with E-state index in [9.17, 15) is 9.59 Å². The summed E-state index contributed by atoms with van der Waals surface area (Å²) in [4.78, 5) is 27.6. The largest absolute Gasteiger partial charge is 0.351 e. The van der Waals surface area contributed by atoms with Gasteiger partial charge in [0, 0.05) is 12.5 Å².